The summed E-state index contributed by atoms with van der Waals surface area (Å²) < 4.78 is 0. The van der Waals surface area contributed by atoms with Crippen LogP contribution in [-0.4, -0.2) is 11.0 Å². The van der Waals surface area contributed by atoms with Gasteiger partial charge in [0.25, 0.3) is 0 Å². The van der Waals surface area contributed by atoms with E-state index in [2.05, 4.69) is 24.1 Å². The first-order chi connectivity index (χ1) is 6.09. The molecule has 0 radical (unpaired) electrons. The van der Waals surface area contributed by atoms with Crippen LogP contribution >= 0.6 is 0 Å². The van der Waals surface area contributed by atoms with Crippen LogP contribution in [0.5, 0.6) is 0 Å². The smallest absolute Gasteiger partial charge is 0.149 e. The van der Waals surface area contributed by atoms with Crippen molar-refractivity contribution in [1.29, 1.82) is 0 Å². The van der Waals surface area contributed by atoms with E-state index in [4.69, 9.17) is 5.73 Å². The Labute approximate surface area is 78.4 Å². The molecule has 1 aromatic heterocycles. The number of nitrogens with zero attached hydrogens (tertiary/aromatic N) is 1. The summed E-state index contributed by atoms with van der Waals surface area (Å²) in [6, 6.07) is 4.24. The van der Waals surface area contributed by atoms with Gasteiger partial charge in [0.1, 0.15) is 5.82 Å². The fourth-order valence-corrected chi connectivity index (χ4v) is 1.42. The second-order valence-corrected chi connectivity index (χ2v) is 4.33. The minimum atomic E-state index is 0.407. The molecular formula is C10H15N3. The van der Waals surface area contributed by atoms with Crippen molar-refractivity contribution in [2.75, 3.05) is 11.1 Å². The zero-order valence-corrected chi connectivity index (χ0v) is 8.04. The van der Waals surface area contributed by atoms with Crippen LogP contribution in [0.15, 0.2) is 18.3 Å². The lowest BCUT2D eigenvalue weighted by Crippen LogP contribution is -2.11. The van der Waals surface area contributed by atoms with Crippen molar-refractivity contribution >= 4 is 11.5 Å². The van der Waals surface area contributed by atoms with Crippen LogP contribution in [0, 0.1) is 5.41 Å². The topological polar surface area (TPSA) is 50.9 Å². The maximum absolute atomic E-state index is 5.76. The van der Waals surface area contributed by atoms with Crippen molar-refractivity contribution in [3.63, 3.8) is 0 Å². The van der Waals surface area contributed by atoms with Crippen LogP contribution in [0.3, 0.4) is 0 Å². The van der Waals surface area contributed by atoms with Gasteiger partial charge in [-0.15, -0.1) is 0 Å². The van der Waals surface area contributed by atoms with Crippen molar-refractivity contribution in [2.24, 2.45) is 5.41 Å². The summed E-state index contributed by atoms with van der Waals surface area (Å²) >= 11 is 0. The molecule has 70 valence electrons. The van der Waals surface area contributed by atoms with Crippen LogP contribution in [0.2, 0.25) is 0 Å². The van der Waals surface area contributed by atoms with Gasteiger partial charge in [-0.3, -0.25) is 0 Å². The van der Waals surface area contributed by atoms with Crippen molar-refractivity contribution in [3.8, 4) is 0 Å². The molecule has 13 heavy (non-hydrogen) atoms. The first-order valence-corrected chi connectivity index (χ1v) is 4.56. The third-order valence-corrected chi connectivity index (χ3v) is 2.66. The third-order valence-electron chi connectivity index (χ3n) is 2.66. The molecule has 0 bridgehead atoms. The summed E-state index contributed by atoms with van der Waals surface area (Å²) in [6.07, 6.45) is 2.96. The molecule has 1 fully saturated rings. The van der Waals surface area contributed by atoms with Gasteiger partial charge in [-0.2, -0.15) is 0 Å². The first kappa shape index (κ1) is 8.35. The highest BCUT2D eigenvalue weighted by molar-refractivity contribution is 5.61. The molecule has 3 heteroatoms. The van der Waals surface area contributed by atoms with E-state index < -0.39 is 0 Å². The zero-order valence-electron chi connectivity index (χ0n) is 8.04. The molecule has 1 saturated carbocycles. The maximum atomic E-state index is 5.76. The number of hydrogen-bond acceptors (Lipinski definition) is 3. The largest absolute Gasteiger partial charge is 0.396 e. The molecule has 3 N–H and O–H groups in total. The zero-order chi connectivity index (χ0) is 9.47. The van der Waals surface area contributed by atoms with Gasteiger partial charge in [0.15, 0.2) is 0 Å². The summed E-state index contributed by atoms with van der Waals surface area (Å²) in [5.74, 6) is 0.818. The number of nitrogen functional groups attached to an aromatic ring is 1. The Bertz CT molecular complexity index is 320. The first-order valence-electron chi connectivity index (χ1n) is 4.56. The van der Waals surface area contributed by atoms with E-state index in [-0.39, 0.29) is 0 Å². The predicted molar refractivity (Wildman–Crippen MR) is 54.5 cm³/mol. The Balaban J connectivity index is 2.07. The monoisotopic (exact) mass is 177 g/mol. The molecule has 1 aliphatic rings. The van der Waals surface area contributed by atoms with Gasteiger partial charge in [0.2, 0.25) is 0 Å². The number of aromatic nitrogens is 1. The molecular weight excluding hydrogens is 162 g/mol. The molecule has 1 aromatic rings. The normalized spacial score (nSPS) is 24.0. The van der Waals surface area contributed by atoms with Gasteiger partial charge in [-0.25, -0.2) is 4.98 Å². The molecule has 0 amide bonds. The van der Waals surface area contributed by atoms with Crippen molar-refractivity contribution < 1.29 is 0 Å². The average Bonchev–Trinajstić information content (AvgIpc) is 2.64. The van der Waals surface area contributed by atoms with E-state index in [1.165, 1.54) is 6.42 Å². The average molecular weight is 177 g/mol. The fourth-order valence-electron chi connectivity index (χ4n) is 1.42. The molecule has 0 spiro atoms. The molecule has 0 saturated heterocycles. The van der Waals surface area contributed by atoms with E-state index in [0.29, 0.717) is 11.5 Å². The lowest BCUT2D eigenvalue weighted by Gasteiger charge is -2.08. The second kappa shape index (κ2) is 2.62. The van der Waals surface area contributed by atoms with Crippen molar-refractivity contribution in [2.45, 2.75) is 26.3 Å². The molecule has 2 rings (SSSR count). The van der Waals surface area contributed by atoms with Gasteiger partial charge in [0, 0.05) is 12.2 Å². The summed E-state index contributed by atoms with van der Waals surface area (Å²) in [7, 11) is 0. The fraction of sp³-hybridized carbons (Fsp3) is 0.500. The molecule has 0 aliphatic heterocycles. The lowest BCUT2D eigenvalue weighted by atomic mass is 10.2. The van der Waals surface area contributed by atoms with Gasteiger partial charge in [-0.05, 0) is 24.0 Å². The maximum Gasteiger partial charge on any atom is 0.149 e. The Morgan fingerprint density at radius 3 is 2.85 bits per heavy atom. The number of nitrogens with one attached hydrogen (secondary N) is 1. The summed E-state index contributed by atoms with van der Waals surface area (Å²) in [4.78, 5) is 4.19. The van der Waals surface area contributed by atoms with E-state index >= 15 is 0 Å². The SMILES string of the molecule is CC1(C)CC1Nc1ncccc1N. The minimum Gasteiger partial charge on any atom is -0.396 e. The minimum absolute atomic E-state index is 0.407. The van der Waals surface area contributed by atoms with Crippen LogP contribution in [-0.2, 0) is 0 Å². The Kier molecular flexibility index (Phi) is 1.68. The number of hydrogen-bond donors (Lipinski definition) is 2. The van der Waals surface area contributed by atoms with Gasteiger partial charge in [-0.1, -0.05) is 13.8 Å². The van der Waals surface area contributed by atoms with E-state index in [9.17, 15) is 0 Å². The predicted octanol–water partition coefficient (Wildman–Crippen LogP) is 1.87. The van der Waals surface area contributed by atoms with Crippen LogP contribution in [0.1, 0.15) is 20.3 Å². The third kappa shape index (κ3) is 1.59. The standard InChI is InChI=1S/C10H15N3/c1-10(2)6-8(10)13-9-7(11)4-3-5-12-9/h3-5,8H,6,11H2,1-2H3,(H,12,13). The Morgan fingerprint density at radius 1 is 1.62 bits per heavy atom. The highest BCUT2D eigenvalue weighted by Crippen LogP contribution is 2.46. The molecule has 0 aromatic carbocycles. The summed E-state index contributed by atoms with van der Waals surface area (Å²) in [6.45, 7) is 4.48. The molecule has 1 atom stereocenters. The van der Waals surface area contributed by atoms with Crippen LogP contribution < -0.4 is 11.1 Å². The van der Waals surface area contributed by atoms with Crippen molar-refractivity contribution in [3.05, 3.63) is 18.3 Å². The van der Waals surface area contributed by atoms with Gasteiger partial charge >= 0.3 is 0 Å². The number of anilines is 2. The van der Waals surface area contributed by atoms with E-state index in [1.807, 2.05) is 12.1 Å². The highest BCUT2D eigenvalue weighted by Gasteiger charge is 2.45. The van der Waals surface area contributed by atoms with Crippen LogP contribution in [0.25, 0.3) is 0 Å². The number of nitrogens with two attached hydrogens (primary N) is 1. The summed E-state index contributed by atoms with van der Waals surface area (Å²) in [5.41, 5.74) is 6.89. The van der Waals surface area contributed by atoms with Crippen molar-refractivity contribution in [1.82, 2.24) is 4.98 Å². The highest BCUT2D eigenvalue weighted by atomic mass is 15.1. The lowest BCUT2D eigenvalue weighted by molar-refractivity contribution is 0.630. The number of rotatable bonds is 2. The van der Waals surface area contributed by atoms with Crippen LogP contribution in [0.4, 0.5) is 11.5 Å². The van der Waals surface area contributed by atoms with Gasteiger partial charge in [0.05, 0.1) is 5.69 Å². The Hall–Kier alpha value is -1.25. The van der Waals surface area contributed by atoms with E-state index in [0.717, 1.165) is 11.5 Å². The second-order valence-electron chi connectivity index (χ2n) is 4.33. The quantitative estimate of drug-likeness (QED) is 0.725. The molecule has 1 heterocycles. The number of pyridine rings is 1. The molecule has 3 nitrogen and oxygen atoms in total. The molecule has 1 aliphatic carbocycles. The Morgan fingerprint density at radius 2 is 2.31 bits per heavy atom. The summed E-state index contributed by atoms with van der Waals surface area (Å²) in [5, 5.41) is 3.34. The van der Waals surface area contributed by atoms with E-state index in [1.54, 1.807) is 6.20 Å². The molecule has 1 unspecified atom stereocenters. The van der Waals surface area contributed by atoms with Gasteiger partial charge < -0.3 is 11.1 Å².